The summed E-state index contributed by atoms with van der Waals surface area (Å²) in [5.41, 5.74) is 5.51. The summed E-state index contributed by atoms with van der Waals surface area (Å²) in [4.78, 5) is 14.9. The number of hydrogen-bond donors (Lipinski definition) is 1. The molecular formula is C15H26N2O3. The van der Waals surface area contributed by atoms with Crippen molar-refractivity contribution in [3.05, 3.63) is 0 Å². The topological polar surface area (TPSA) is 64.8 Å². The predicted octanol–water partition coefficient (Wildman–Crippen LogP) is 0.765. The molecule has 5 nitrogen and oxygen atoms in total. The SMILES string of the molecule is CC1OCCC1N(C)C(=O)C1(N)C2CCOC2C1(C)C. The van der Waals surface area contributed by atoms with Crippen molar-refractivity contribution in [1.29, 1.82) is 0 Å². The summed E-state index contributed by atoms with van der Waals surface area (Å²) in [7, 11) is 1.87. The summed E-state index contributed by atoms with van der Waals surface area (Å²) in [6, 6.07) is 0.139. The summed E-state index contributed by atoms with van der Waals surface area (Å²) < 4.78 is 11.3. The maximum Gasteiger partial charge on any atom is 0.243 e. The lowest BCUT2D eigenvalue weighted by Crippen LogP contribution is -2.80. The Morgan fingerprint density at radius 2 is 1.90 bits per heavy atom. The zero-order chi connectivity index (χ0) is 14.7. The lowest BCUT2D eigenvalue weighted by Gasteiger charge is -2.61. The zero-order valence-electron chi connectivity index (χ0n) is 12.9. The van der Waals surface area contributed by atoms with Crippen LogP contribution in [0.5, 0.6) is 0 Å². The molecule has 2 aliphatic heterocycles. The molecule has 1 amide bonds. The smallest absolute Gasteiger partial charge is 0.243 e. The van der Waals surface area contributed by atoms with E-state index in [0.717, 1.165) is 26.1 Å². The van der Waals surface area contributed by atoms with Crippen LogP contribution in [0.1, 0.15) is 33.6 Å². The second-order valence-electron chi connectivity index (χ2n) is 7.13. The second-order valence-corrected chi connectivity index (χ2v) is 7.13. The molecule has 1 aliphatic carbocycles. The minimum Gasteiger partial charge on any atom is -0.377 e. The van der Waals surface area contributed by atoms with Crippen molar-refractivity contribution in [2.45, 2.75) is 57.4 Å². The Morgan fingerprint density at radius 3 is 2.50 bits per heavy atom. The van der Waals surface area contributed by atoms with Gasteiger partial charge in [0.1, 0.15) is 5.54 Å². The Bertz CT molecular complexity index is 425. The first kappa shape index (κ1) is 14.3. The minimum absolute atomic E-state index is 0.0524. The largest absolute Gasteiger partial charge is 0.377 e. The number of fused-ring (bicyclic) bond motifs is 1. The number of nitrogens with zero attached hydrogens (tertiary/aromatic N) is 1. The van der Waals surface area contributed by atoms with Crippen molar-refractivity contribution < 1.29 is 14.3 Å². The fourth-order valence-corrected chi connectivity index (χ4v) is 4.49. The van der Waals surface area contributed by atoms with Crippen LogP contribution in [-0.2, 0) is 14.3 Å². The minimum atomic E-state index is -0.800. The second kappa shape index (κ2) is 4.42. The number of nitrogens with two attached hydrogens (primary N) is 1. The Balaban J connectivity index is 1.82. The molecule has 0 radical (unpaired) electrons. The van der Waals surface area contributed by atoms with Crippen LogP contribution in [0.4, 0.5) is 0 Å². The molecule has 0 spiro atoms. The molecule has 0 aromatic heterocycles. The third-order valence-corrected chi connectivity index (χ3v) is 5.96. The van der Waals surface area contributed by atoms with Crippen LogP contribution in [0.2, 0.25) is 0 Å². The standard InChI is InChI=1S/C15H26N2O3/c1-9-11(6-8-19-9)17(4)13(18)15(16)10-5-7-20-12(10)14(15,2)3/h9-12H,5-8,16H2,1-4H3. The molecular weight excluding hydrogens is 256 g/mol. The summed E-state index contributed by atoms with van der Waals surface area (Å²) in [5, 5.41) is 0. The molecule has 2 saturated heterocycles. The van der Waals surface area contributed by atoms with E-state index in [1.807, 2.05) is 18.9 Å². The lowest BCUT2D eigenvalue weighted by molar-refractivity contribution is -0.185. The van der Waals surface area contributed by atoms with Crippen LogP contribution in [0.3, 0.4) is 0 Å². The molecule has 5 atom stereocenters. The quantitative estimate of drug-likeness (QED) is 0.812. The van der Waals surface area contributed by atoms with Gasteiger partial charge in [0.05, 0.1) is 18.2 Å². The van der Waals surface area contributed by atoms with Gasteiger partial charge in [-0.3, -0.25) is 4.79 Å². The van der Waals surface area contributed by atoms with Gasteiger partial charge < -0.3 is 20.1 Å². The number of likely N-dealkylation sites (N-methyl/N-ethyl adjacent to an activating group) is 1. The van der Waals surface area contributed by atoms with Gasteiger partial charge in [-0.25, -0.2) is 0 Å². The van der Waals surface area contributed by atoms with Crippen molar-refractivity contribution in [1.82, 2.24) is 4.90 Å². The molecule has 5 heteroatoms. The van der Waals surface area contributed by atoms with Gasteiger partial charge in [-0.1, -0.05) is 13.8 Å². The van der Waals surface area contributed by atoms with E-state index in [2.05, 4.69) is 13.8 Å². The highest BCUT2D eigenvalue weighted by Crippen LogP contribution is 2.58. The number of ether oxygens (including phenoxy) is 2. The molecule has 3 rings (SSSR count). The van der Waals surface area contributed by atoms with E-state index >= 15 is 0 Å². The van der Waals surface area contributed by atoms with Gasteiger partial charge in [-0.15, -0.1) is 0 Å². The van der Waals surface area contributed by atoms with Crippen molar-refractivity contribution in [3.63, 3.8) is 0 Å². The van der Waals surface area contributed by atoms with Gasteiger partial charge in [0, 0.05) is 31.6 Å². The Hall–Kier alpha value is -0.650. The van der Waals surface area contributed by atoms with E-state index in [9.17, 15) is 4.79 Å². The maximum atomic E-state index is 13.0. The highest BCUT2D eigenvalue weighted by Gasteiger charge is 2.72. The first-order valence-corrected chi connectivity index (χ1v) is 7.61. The third-order valence-electron chi connectivity index (χ3n) is 5.96. The summed E-state index contributed by atoms with van der Waals surface area (Å²) in [5.74, 6) is 0.210. The van der Waals surface area contributed by atoms with E-state index in [-0.39, 0.29) is 35.5 Å². The average molecular weight is 282 g/mol. The van der Waals surface area contributed by atoms with Gasteiger partial charge in [0.2, 0.25) is 5.91 Å². The van der Waals surface area contributed by atoms with Gasteiger partial charge in [-0.05, 0) is 19.8 Å². The maximum absolute atomic E-state index is 13.0. The number of carbonyl (C=O) groups excluding carboxylic acids is 1. The first-order valence-electron chi connectivity index (χ1n) is 7.61. The van der Waals surface area contributed by atoms with E-state index in [4.69, 9.17) is 15.2 Å². The Morgan fingerprint density at radius 1 is 1.25 bits per heavy atom. The Kier molecular flexibility index (Phi) is 3.16. The predicted molar refractivity (Wildman–Crippen MR) is 75.1 cm³/mol. The van der Waals surface area contributed by atoms with Crippen molar-refractivity contribution in [3.8, 4) is 0 Å². The molecule has 0 bridgehead atoms. The number of rotatable bonds is 2. The molecule has 3 aliphatic rings. The highest BCUT2D eigenvalue weighted by atomic mass is 16.5. The zero-order valence-corrected chi connectivity index (χ0v) is 12.9. The molecule has 5 unspecified atom stereocenters. The Labute approximate surface area is 120 Å². The molecule has 0 aromatic carbocycles. The van der Waals surface area contributed by atoms with E-state index < -0.39 is 5.54 Å². The van der Waals surface area contributed by atoms with Crippen molar-refractivity contribution in [2.75, 3.05) is 20.3 Å². The number of hydrogen-bond acceptors (Lipinski definition) is 4. The molecule has 2 heterocycles. The lowest BCUT2D eigenvalue weighted by atomic mass is 9.47. The fraction of sp³-hybridized carbons (Fsp3) is 0.933. The molecule has 114 valence electrons. The molecule has 1 saturated carbocycles. The third kappa shape index (κ3) is 1.57. The molecule has 20 heavy (non-hydrogen) atoms. The van der Waals surface area contributed by atoms with Gasteiger partial charge in [-0.2, -0.15) is 0 Å². The van der Waals surface area contributed by atoms with Crippen LogP contribution >= 0.6 is 0 Å². The van der Waals surface area contributed by atoms with E-state index in [1.54, 1.807) is 0 Å². The van der Waals surface area contributed by atoms with Crippen molar-refractivity contribution >= 4 is 5.91 Å². The number of amides is 1. The first-order chi connectivity index (χ1) is 9.31. The normalized spacial score (nSPS) is 45.9. The highest BCUT2D eigenvalue weighted by molar-refractivity contribution is 5.89. The van der Waals surface area contributed by atoms with Gasteiger partial charge in [0.25, 0.3) is 0 Å². The van der Waals surface area contributed by atoms with Crippen LogP contribution in [0.25, 0.3) is 0 Å². The summed E-state index contributed by atoms with van der Waals surface area (Å²) >= 11 is 0. The van der Waals surface area contributed by atoms with Crippen molar-refractivity contribution in [2.24, 2.45) is 17.1 Å². The van der Waals surface area contributed by atoms with Gasteiger partial charge in [0.15, 0.2) is 0 Å². The molecule has 3 fully saturated rings. The van der Waals surface area contributed by atoms with Crippen LogP contribution in [0, 0.1) is 11.3 Å². The average Bonchev–Trinajstić information content (AvgIpc) is 3.03. The number of carbonyl (C=O) groups is 1. The van der Waals surface area contributed by atoms with E-state index in [1.165, 1.54) is 0 Å². The van der Waals surface area contributed by atoms with Gasteiger partial charge >= 0.3 is 0 Å². The summed E-state index contributed by atoms with van der Waals surface area (Å²) in [6.45, 7) is 7.58. The monoisotopic (exact) mass is 282 g/mol. The van der Waals surface area contributed by atoms with E-state index in [0.29, 0.717) is 0 Å². The molecule has 0 aromatic rings. The molecule has 2 N–H and O–H groups in total. The fourth-order valence-electron chi connectivity index (χ4n) is 4.49. The van der Waals surface area contributed by atoms with Crippen LogP contribution in [-0.4, -0.2) is 54.9 Å². The summed E-state index contributed by atoms with van der Waals surface area (Å²) in [6.07, 6.45) is 2.00. The van der Waals surface area contributed by atoms with Crippen LogP contribution < -0.4 is 5.73 Å². The van der Waals surface area contributed by atoms with Crippen LogP contribution in [0.15, 0.2) is 0 Å².